The molecule has 0 saturated carbocycles. The van der Waals surface area contributed by atoms with Crippen LogP contribution in [0.25, 0.3) is 0 Å². The zero-order chi connectivity index (χ0) is 11.3. The van der Waals surface area contributed by atoms with Crippen molar-refractivity contribution >= 4 is 18.3 Å². The van der Waals surface area contributed by atoms with Crippen LogP contribution in [0.3, 0.4) is 0 Å². The van der Waals surface area contributed by atoms with E-state index in [4.69, 9.17) is 5.73 Å². The third kappa shape index (κ3) is 3.86. The smallest absolute Gasteiger partial charge is 0.282 e. The molecule has 0 aliphatic carbocycles. The van der Waals surface area contributed by atoms with Crippen LogP contribution < -0.4 is 11.1 Å². The van der Waals surface area contributed by atoms with Crippen molar-refractivity contribution in [3.05, 3.63) is 34.4 Å². The molecule has 15 heavy (non-hydrogen) atoms. The molecule has 1 aliphatic heterocycles. The number of nitro benzene ring substituents is 1. The standard InChI is InChI=1S/C6H5NO2S.C3H8N2/c8-7(9)5-3-1-2-4-6(5)10;4-3-1-5-2-3/h1-4,10H;3,5H,1-2,4H2. The van der Waals surface area contributed by atoms with Crippen LogP contribution in [0.1, 0.15) is 0 Å². The summed E-state index contributed by atoms with van der Waals surface area (Å²) >= 11 is 3.90. The van der Waals surface area contributed by atoms with E-state index in [2.05, 4.69) is 17.9 Å². The lowest BCUT2D eigenvalue weighted by atomic mass is 10.2. The molecule has 0 unspecified atom stereocenters. The molecule has 3 N–H and O–H groups in total. The molecule has 0 radical (unpaired) electrons. The second-order valence-corrected chi connectivity index (χ2v) is 3.65. The Hall–Kier alpha value is -1.11. The third-order valence-corrected chi connectivity index (χ3v) is 2.27. The first-order valence-electron chi connectivity index (χ1n) is 4.50. The minimum Gasteiger partial charge on any atom is -0.326 e. The molecule has 1 saturated heterocycles. The highest BCUT2D eigenvalue weighted by Crippen LogP contribution is 2.20. The highest BCUT2D eigenvalue weighted by molar-refractivity contribution is 7.80. The summed E-state index contributed by atoms with van der Waals surface area (Å²) in [6, 6.07) is 6.77. The first kappa shape index (κ1) is 12.0. The molecule has 0 spiro atoms. The van der Waals surface area contributed by atoms with Gasteiger partial charge in [-0.05, 0) is 6.07 Å². The van der Waals surface area contributed by atoms with Crippen molar-refractivity contribution in [3.8, 4) is 0 Å². The summed E-state index contributed by atoms with van der Waals surface area (Å²) in [5, 5.41) is 13.2. The summed E-state index contributed by atoms with van der Waals surface area (Å²) in [6.45, 7) is 2.03. The molecule has 1 aromatic carbocycles. The van der Waals surface area contributed by atoms with E-state index in [0.29, 0.717) is 10.9 Å². The first-order chi connectivity index (χ1) is 7.11. The van der Waals surface area contributed by atoms with Crippen LogP contribution in [0.15, 0.2) is 29.2 Å². The fourth-order valence-corrected chi connectivity index (χ4v) is 1.17. The van der Waals surface area contributed by atoms with E-state index in [9.17, 15) is 10.1 Å². The summed E-state index contributed by atoms with van der Waals surface area (Å²) in [5.41, 5.74) is 5.36. The van der Waals surface area contributed by atoms with Gasteiger partial charge in [-0.25, -0.2) is 0 Å². The molecule has 0 atom stereocenters. The van der Waals surface area contributed by atoms with E-state index in [1.807, 2.05) is 0 Å². The summed E-state index contributed by atoms with van der Waals surface area (Å²) in [6.07, 6.45) is 0. The van der Waals surface area contributed by atoms with E-state index in [-0.39, 0.29) is 5.69 Å². The first-order valence-corrected chi connectivity index (χ1v) is 4.94. The van der Waals surface area contributed by atoms with Gasteiger partial charge in [0.15, 0.2) is 0 Å². The van der Waals surface area contributed by atoms with Crippen molar-refractivity contribution in [1.29, 1.82) is 0 Å². The number of nitrogens with one attached hydrogen (secondary N) is 1. The fourth-order valence-electron chi connectivity index (χ4n) is 0.930. The molecule has 5 nitrogen and oxygen atoms in total. The molecule has 82 valence electrons. The third-order valence-electron chi connectivity index (χ3n) is 1.89. The maximum Gasteiger partial charge on any atom is 0.282 e. The number of hydrogen-bond donors (Lipinski definition) is 3. The second-order valence-electron chi connectivity index (χ2n) is 3.16. The van der Waals surface area contributed by atoms with Gasteiger partial charge in [0.25, 0.3) is 5.69 Å². The number of nitrogens with two attached hydrogens (primary N) is 1. The number of para-hydroxylation sites is 1. The van der Waals surface area contributed by atoms with Crippen molar-refractivity contribution in [2.75, 3.05) is 13.1 Å². The molecule has 2 rings (SSSR count). The molecular weight excluding hydrogens is 214 g/mol. The highest BCUT2D eigenvalue weighted by Gasteiger charge is 2.08. The Morgan fingerprint density at radius 2 is 2.00 bits per heavy atom. The molecule has 1 aromatic rings. The van der Waals surface area contributed by atoms with Crippen LogP contribution >= 0.6 is 12.6 Å². The number of rotatable bonds is 1. The van der Waals surface area contributed by atoms with Gasteiger partial charge in [-0.1, -0.05) is 12.1 Å². The van der Waals surface area contributed by atoms with Gasteiger partial charge in [0.1, 0.15) is 0 Å². The largest absolute Gasteiger partial charge is 0.326 e. The molecule has 6 heteroatoms. The Kier molecular flexibility index (Phi) is 4.54. The number of thiol groups is 1. The maximum absolute atomic E-state index is 10.2. The topological polar surface area (TPSA) is 81.2 Å². The zero-order valence-electron chi connectivity index (χ0n) is 8.09. The Morgan fingerprint density at radius 3 is 2.27 bits per heavy atom. The lowest BCUT2D eigenvalue weighted by molar-refractivity contribution is -0.387. The average Bonchev–Trinajstić information content (AvgIpc) is 2.16. The lowest BCUT2D eigenvalue weighted by Gasteiger charge is -2.21. The van der Waals surface area contributed by atoms with Gasteiger partial charge >= 0.3 is 0 Å². The molecule has 0 aromatic heterocycles. The Balaban J connectivity index is 0.000000187. The predicted octanol–water partition coefficient (Wildman–Crippen LogP) is 0.800. The number of hydrogen-bond acceptors (Lipinski definition) is 5. The van der Waals surface area contributed by atoms with Gasteiger partial charge in [-0.15, -0.1) is 12.6 Å². The van der Waals surface area contributed by atoms with Crippen molar-refractivity contribution in [3.63, 3.8) is 0 Å². The normalized spacial score (nSPS) is 14.8. The van der Waals surface area contributed by atoms with E-state index < -0.39 is 4.92 Å². The van der Waals surface area contributed by atoms with Crippen molar-refractivity contribution in [1.82, 2.24) is 5.32 Å². The number of nitrogens with zero attached hydrogens (tertiary/aromatic N) is 1. The SMILES string of the molecule is NC1CNC1.O=[N+]([O-])c1ccccc1S. The van der Waals surface area contributed by atoms with E-state index in [1.165, 1.54) is 6.07 Å². The zero-order valence-corrected chi connectivity index (χ0v) is 8.98. The minimum absolute atomic E-state index is 0.0471. The van der Waals surface area contributed by atoms with Crippen LogP contribution in [0, 0.1) is 10.1 Å². The number of benzene rings is 1. The van der Waals surface area contributed by atoms with E-state index in [1.54, 1.807) is 18.2 Å². The van der Waals surface area contributed by atoms with Gasteiger partial charge in [-0.2, -0.15) is 0 Å². The van der Waals surface area contributed by atoms with Gasteiger partial charge in [0.05, 0.1) is 9.82 Å². The Labute approximate surface area is 93.2 Å². The van der Waals surface area contributed by atoms with E-state index >= 15 is 0 Å². The second kappa shape index (κ2) is 5.69. The van der Waals surface area contributed by atoms with Gasteiger partial charge < -0.3 is 11.1 Å². The summed E-state index contributed by atoms with van der Waals surface area (Å²) in [4.78, 5) is 10.1. The fraction of sp³-hybridized carbons (Fsp3) is 0.333. The quantitative estimate of drug-likeness (QED) is 0.376. The lowest BCUT2D eigenvalue weighted by Crippen LogP contribution is -2.52. The predicted molar refractivity (Wildman–Crippen MR) is 61.2 cm³/mol. The van der Waals surface area contributed by atoms with Crippen LogP contribution in [-0.2, 0) is 0 Å². The maximum atomic E-state index is 10.2. The number of nitro groups is 1. The van der Waals surface area contributed by atoms with Crippen molar-refractivity contribution < 1.29 is 4.92 Å². The van der Waals surface area contributed by atoms with Gasteiger partial charge in [-0.3, -0.25) is 10.1 Å². The monoisotopic (exact) mass is 227 g/mol. The molecule has 1 aliphatic rings. The van der Waals surface area contributed by atoms with Crippen molar-refractivity contribution in [2.45, 2.75) is 10.9 Å². The molecule has 0 amide bonds. The molecule has 1 heterocycles. The average molecular weight is 227 g/mol. The summed E-state index contributed by atoms with van der Waals surface area (Å²) < 4.78 is 0. The Bertz CT molecular complexity index is 342. The highest BCUT2D eigenvalue weighted by atomic mass is 32.1. The summed E-state index contributed by atoms with van der Waals surface area (Å²) in [7, 11) is 0. The van der Waals surface area contributed by atoms with Crippen LogP contribution in [0.5, 0.6) is 0 Å². The minimum atomic E-state index is -0.456. The van der Waals surface area contributed by atoms with Gasteiger partial charge in [0.2, 0.25) is 0 Å². The van der Waals surface area contributed by atoms with Crippen molar-refractivity contribution in [2.24, 2.45) is 5.73 Å². The molecule has 1 fully saturated rings. The van der Waals surface area contributed by atoms with Crippen LogP contribution in [0.4, 0.5) is 5.69 Å². The molecular formula is C9H13N3O2S. The van der Waals surface area contributed by atoms with Crippen LogP contribution in [-0.4, -0.2) is 24.1 Å². The summed E-state index contributed by atoms with van der Waals surface area (Å²) in [5.74, 6) is 0. The van der Waals surface area contributed by atoms with Gasteiger partial charge in [0, 0.05) is 25.2 Å². The molecule has 0 bridgehead atoms. The van der Waals surface area contributed by atoms with Crippen LogP contribution in [0.2, 0.25) is 0 Å². The Morgan fingerprint density at radius 1 is 1.47 bits per heavy atom. The van der Waals surface area contributed by atoms with E-state index in [0.717, 1.165) is 13.1 Å².